The van der Waals surface area contributed by atoms with Crippen LogP contribution in [0.2, 0.25) is 0 Å². The van der Waals surface area contributed by atoms with Gasteiger partial charge in [-0.05, 0) is 18.2 Å². The van der Waals surface area contributed by atoms with E-state index in [0.29, 0.717) is 6.07 Å². The van der Waals surface area contributed by atoms with Gasteiger partial charge < -0.3 is 5.32 Å². The summed E-state index contributed by atoms with van der Waals surface area (Å²) < 4.78 is 73.8. The molecule has 0 spiro atoms. The Bertz CT molecular complexity index is 424. The first kappa shape index (κ1) is 17.3. The molecule has 19 heavy (non-hydrogen) atoms. The third-order valence-electron chi connectivity index (χ3n) is 1.87. The molecule has 0 aliphatic carbocycles. The van der Waals surface area contributed by atoms with E-state index in [1.807, 2.05) is 13.8 Å². The fourth-order valence-electron chi connectivity index (χ4n) is 1.15. The van der Waals surface area contributed by atoms with Crippen LogP contribution in [0, 0.1) is 0 Å². The van der Waals surface area contributed by atoms with E-state index in [9.17, 15) is 31.1 Å². The Morgan fingerprint density at radius 1 is 1.00 bits per heavy atom. The zero-order valence-electron chi connectivity index (χ0n) is 9.99. The minimum Gasteiger partial charge on any atom is -0.328 e. The highest BCUT2D eigenvalue weighted by molar-refractivity contribution is 5.74. The van der Waals surface area contributed by atoms with Crippen molar-refractivity contribution in [3.05, 3.63) is 29.3 Å². The van der Waals surface area contributed by atoms with Crippen LogP contribution < -0.4 is 5.32 Å². The molecule has 0 atom stereocenters. The molecular weight excluding hydrogens is 276 g/mol. The van der Waals surface area contributed by atoms with Gasteiger partial charge in [0.2, 0.25) is 6.41 Å². The van der Waals surface area contributed by atoms with E-state index < -0.39 is 29.2 Å². The molecule has 0 saturated heterocycles. The minimum absolute atomic E-state index is 0.120. The SMILES string of the molecule is CC.O=CNc1cc(C(F)(F)F)ccc1C(F)(F)F. The van der Waals surface area contributed by atoms with E-state index in [1.54, 1.807) is 5.32 Å². The van der Waals surface area contributed by atoms with Crippen molar-refractivity contribution in [3.8, 4) is 0 Å². The van der Waals surface area contributed by atoms with Gasteiger partial charge in [-0.1, -0.05) is 13.8 Å². The van der Waals surface area contributed by atoms with Crippen molar-refractivity contribution in [3.63, 3.8) is 0 Å². The highest BCUT2D eigenvalue weighted by atomic mass is 19.4. The lowest BCUT2D eigenvalue weighted by Gasteiger charge is -2.14. The van der Waals surface area contributed by atoms with Gasteiger partial charge in [-0.2, -0.15) is 26.3 Å². The van der Waals surface area contributed by atoms with Crippen LogP contribution in [0.1, 0.15) is 25.0 Å². The smallest absolute Gasteiger partial charge is 0.328 e. The van der Waals surface area contributed by atoms with Crippen LogP contribution in [0.25, 0.3) is 0 Å². The third kappa shape index (κ3) is 4.80. The van der Waals surface area contributed by atoms with Gasteiger partial charge >= 0.3 is 12.4 Å². The summed E-state index contributed by atoms with van der Waals surface area (Å²) in [5.74, 6) is 0. The van der Waals surface area contributed by atoms with E-state index in [4.69, 9.17) is 0 Å². The van der Waals surface area contributed by atoms with Gasteiger partial charge in [-0.3, -0.25) is 4.79 Å². The molecular formula is C11H11F6NO. The normalized spacial score (nSPS) is 11.4. The topological polar surface area (TPSA) is 29.1 Å². The van der Waals surface area contributed by atoms with Crippen LogP contribution >= 0.6 is 0 Å². The number of carbonyl (C=O) groups excluding carboxylic acids is 1. The van der Waals surface area contributed by atoms with Crippen molar-refractivity contribution in [1.29, 1.82) is 0 Å². The molecule has 1 aromatic rings. The second-order valence-corrected chi connectivity index (χ2v) is 3.02. The van der Waals surface area contributed by atoms with Crippen molar-refractivity contribution < 1.29 is 31.1 Å². The molecule has 0 heterocycles. The third-order valence-corrected chi connectivity index (χ3v) is 1.87. The Morgan fingerprint density at radius 2 is 1.53 bits per heavy atom. The lowest BCUT2D eigenvalue weighted by Crippen LogP contribution is -2.13. The van der Waals surface area contributed by atoms with E-state index >= 15 is 0 Å². The van der Waals surface area contributed by atoms with E-state index in [2.05, 4.69) is 0 Å². The van der Waals surface area contributed by atoms with E-state index in [0.717, 1.165) is 0 Å². The number of hydrogen-bond donors (Lipinski definition) is 1. The summed E-state index contributed by atoms with van der Waals surface area (Å²) in [6.07, 6.45) is -9.73. The molecule has 108 valence electrons. The molecule has 0 aliphatic heterocycles. The maximum atomic E-state index is 12.4. The van der Waals surface area contributed by atoms with Crippen LogP contribution in [0.5, 0.6) is 0 Å². The summed E-state index contributed by atoms with van der Waals surface area (Å²) in [4.78, 5) is 10.1. The summed E-state index contributed by atoms with van der Waals surface area (Å²) >= 11 is 0. The molecule has 8 heteroatoms. The monoisotopic (exact) mass is 287 g/mol. The highest BCUT2D eigenvalue weighted by Gasteiger charge is 2.37. The standard InChI is InChI=1S/C9H5F6NO.C2H6/c10-8(11,12)5-1-2-6(9(13,14)15)7(3-5)16-4-17;1-2/h1-4H,(H,16,17);1-2H3. The summed E-state index contributed by atoms with van der Waals surface area (Å²) in [5.41, 5.74) is -3.53. The molecule has 1 rings (SSSR count). The van der Waals surface area contributed by atoms with Crippen molar-refractivity contribution in [1.82, 2.24) is 0 Å². The number of rotatable bonds is 2. The largest absolute Gasteiger partial charge is 0.418 e. The highest BCUT2D eigenvalue weighted by Crippen LogP contribution is 2.38. The lowest BCUT2D eigenvalue weighted by atomic mass is 10.1. The first-order valence-corrected chi connectivity index (χ1v) is 5.15. The molecule has 0 aliphatic rings. The molecule has 2 nitrogen and oxygen atoms in total. The number of amides is 1. The van der Waals surface area contributed by atoms with Crippen LogP contribution in [0.4, 0.5) is 32.0 Å². The van der Waals surface area contributed by atoms with Gasteiger partial charge in [0.25, 0.3) is 0 Å². The number of hydrogen-bond acceptors (Lipinski definition) is 1. The molecule has 1 N–H and O–H groups in total. The van der Waals surface area contributed by atoms with Crippen molar-refractivity contribution in [2.45, 2.75) is 26.2 Å². The van der Waals surface area contributed by atoms with Crippen LogP contribution in [-0.2, 0) is 17.1 Å². The Labute approximate surface area is 105 Å². The summed E-state index contributed by atoms with van der Waals surface area (Å²) in [5, 5.41) is 1.59. The summed E-state index contributed by atoms with van der Waals surface area (Å²) in [6.45, 7) is 4.00. The first-order valence-electron chi connectivity index (χ1n) is 5.15. The molecule has 0 aromatic heterocycles. The molecule has 0 bridgehead atoms. The number of benzene rings is 1. The molecule has 1 aromatic carbocycles. The molecule has 0 fully saturated rings. The molecule has 1 amide bonds. The number of alkyl halides is 6. The van der Waals surface area contributed by atoms with Gasteiger partial charge in [0.15, 0.2) is 0 Å². The average molecular weight is 287 g/mol. The second kappa shape index (κ2) is 6.44. The number of nitrogens with one attached hydrogen (secondary N) is 1. The maximum Gasteiger partial charge on any atom is 0.418 e. The molecule has 0 radical (unpaired) electrons. The Kier molecular flexibility index (Phi) is 5.85. The Morgan fingerprint density at radius 3 is 1.89 bits per heavy atom. The number of anilines is 1. The Hall–Kier alpha value is -1.73. The zero-order chi connectivity index (χ0) is 15.3. The van der Waals surface area contributed by atoms with E-state index in [1.165, 1.54) is 0 Å². The lowest BCUT2D eigenvalue weighted by molar-refractivity contribution is -0.140. The fourth-order valence-corrected chi connectivity index (χ4v) is 1.15. The Balaban J connectivity index is 0.00000154. The quantitative estimate of drug-likeness (QED) is 0.637. The summed E-state index contributed by atoms with van der Waals surface area (Å²) in [7, 11) is 0. The van der Waals surface area contributed by atoms with Crippen molar-refractivity contribution >= 4 is 12.1 Å². The maximum absolute atomic E-state index is 12.4. The van der Waals surface area contributed by atoms with Crippen molar-refractivity contribution in [2.24, 2.45) is 0 Å². The number of carbonyl (C=O) groups is 1. The van der Waals surface area contributed by atoms with Crippen LogP contribution in [0.15, 0.2) is 18.2 Å². The minimum atomic E-state index is -4.84. The van der Waals surface area contributed by atoms with Crippen molar-refractivity contribution in [2.75, 3.05) is 5.32 Å². The number of halogens is 6. The summed E-state index contributed by atoms with van der Waals surface area (Å²) in [6, 6.07) is 0.810. The second-order valence-electron chi connectivity index (χ2n) is 3.02. The van der Waals surface area contributed by atoms with Gasteiger partial charge in [-0.15, -0.1) is 0 Å². The van der Waals surface area contributed by atoms with Gasteiger partial charge in [0, 0.05) is 0 Å². The van der Waals surface area contributed by atoms with Crippen LogP contribution in [-0.4, -0.2) is 6.41 Å². The first-order chi connectivity index (χ1) is 8.66. The predicted octanol–water partition coefficient (Wildman–Crippen LogP) is 4.32. The van der Waals surface area contributed by atoms with E-state index in [-0.39, 0.29) is 18.5 Å². The predicted molar refractivity (Wildman–Crippen MR) is 57.5 cm³/mol. The fraction of sp³-hybridized carbons (Fsp3) is 0.364. The van der Waals surface area contributed by atoms with Gasteiger partial charge in [0.05, 0.1) is 16.8 Å². The van der Waals surface area contributed by atoms with Gasteiger partial charge in [0.1, 0.15) is 0 Å². The molecule has 0 saturated carbocycles. The van der Waals surface area contributed by atoms with Crippen LogP contribution in [0.3, 0.4) is 0 Å². The molecule has 0 unspecified atom stereocenters. The zero-order valence-corrected chi connectivity index (χ0v) is 9.99. The van der Waals surface area contributed by atoms with Gasteiger partial charge in [-0.25, -0.2) is 0 Å². The average Bonchev–Trinajstić information content (AvgIpc) is 2.29.